The van der Waals surface area contributed by atoms with Crippen LogP contribution in [-0.2, 0) is 12.8 Å². The third kappa shape index (κ3) is 2.10. The van der Waals surface area contributed by atoms with E-state index in [1.807, 2.05) is 24.3 Å². The molecule has 0 amide bonds. The van der Waals surface area contributed by atoms with Crippen LogP contribution in [-0.4, -0.2) is 5.11 Å². The molecule has 0 radical (unpaired) electrons. The summed E-state index contributed by atoms with van der Waals surface area (Å²) in [4.78, 5) is 0. The Bertz CT molecular complexity index is 828. The lowest BCUT2D eigenvalue weighted by atomic mass is 9.93. The average Bonchev–Trinajstić information content (AvgIpc) is 2.92. The molecule has 1 aliphatic rings. The molecule has 1 nitrogen and oxygen atoms in total. The van der Waals surface area contributed by atoms with Gasteiger partial charge in [-0.2, -0.15) is 0 Å². The number of halogens is 1. The van der Waals surface area contributed by atoms with Crippen LogP contribution in [0.3, 0.4) is 0 Å². The van der Waals surface area contributed by atoms with E-state index < -0.39 is 6.10 Å². The van der Waals surface area contributed by atoms with Crippen molar-refractivity contribution in [1.29, 1.82) is 0 Å². The Labute approximate surface area is 132 Å². The van der Waals surface area contributed by atoms with Crippen LogP contribution in [0.15, 0.2) is 59.1 Å². The molecule has 0 unspecified atom stereocenters. The highest BCUT2D eigenvalue weighted by molar-refractivity contribution is 9.10. The fourth-order valence-electron chi connectivity index (χ4n) is 3.36. The molecule has 21 heavy (non-hydrogen) atoms. The molecule has 0 fully saturated rings. The summed E-state index contributed by atoms with van der Waals surface area (Å²) in [6.45, 7) is 0. The first-order valence-electron chi connectivity index (χ1n) is 7.21. The van der Waals surface area contributed by atoms with Crippen molar-refractivity contribution in [2.75, 3.05) is 0 Å². The minimum Gasteiger partial charge on any atom is -0.384 e. The highest BCUT2D eigenvalue weighted by Gasteiger charge is 2.19. The molecule has 0 spiro atoms. The van der Waals surface area contributed by atoms with Gasteiger partial charge in [0.25, 0.3) is 0 Å². The summed E-state index contributed by atoms with van der Waals surface area (Å²) in [5.74, 6) is 0. The molecular weight excluding hydrogens is 324 g/mol. The summed E-state index contributed by atoms with van der Waals surface area (Å²) < 4.78 is 0.991. The minimum absolute atomic E-state index is 0.590. The van der Waals surface area contributed by atoms with Gasteiger partial charge in [-0.15, -0.1) is 0 Å². The second kappa shape index (κ2) is 4.97. The van der Waals surface area contributed by atoms with E-state index in [2.05, 4.69) is 46.3 Å². The van der Waals surface area contributed by atoms with Gasteiger partial charge >= 0.3 is 0 Å². The van der Waals surface area contributed by atoms with Crippen molar-refractivity contribution in [2.24, 2.45) is 0 Å². The van der Waals surface area contributed by atoms with Gasteiger partial charge in [-0.3, -0.25) is 0 Å². The van der Waals surface area contributed by atoms with Gasteiger partial charge < -0.3 is 5.11 Å². The molecule has 0 heterocycles. The van der Waals surface area contributed by atoms with Gasteiger partial charge in [0.15, 0.2) is 0 Å². The van der Waals surface area contributed by atoms with Gasteiger partial charge in [-0.05, 0) is 58.0 Å². The lowest BCUT2D eigenvalue weighted by molar-refractivity contribution is 0.222. The van der Waals surface area contributed by atoms with E-state index in [0.29, 0.717) is 0 Å². The maximum Gasteiger partial charge on any atom is 0.105 e. The average molecular weight is 339 g/mol. The number of aliphatic hydroxyl groups excluding tert-OH is 1. The van der Waals surface area contributed by atoms with E-state index in [9.17, 15) is 5.11 Å². The van der Waals surface area contributed by atoms with Crippen molar-refractivity contribution >= 4 is 26.7 Å². The predicted octanol–water partition coefficient (Wildman–Crippen LogP) is 4.78. The Hall–Kier alpha value is -1.64. The molecule has 0 aromatic heterocycles. The minimum atomic E-state index is -0.590. The van der Waals surface area contributed by atoms with E-state index in [0.717, 1.165) is 28.4 Å². The third-order valence-corrected chi connectivity index (χ3v) is 4.86. The summed E-state index contributed by atoms with van der Waals surface area (Å²) in [5.41, 5.74) is 4.73. The fourth-order valence-corrected chi connectivity index (χ4v) is 3.78. The van der Waals surface area contributed by atoms with Crippen LogP contribution in [0, 0.1) is 0 Å². The molecule has 0 saturated carbocycles. The summed E-state index contributed by atoms with van der Waals surface area (Å²) in [6.07, 6.45) is 1.64. The van der Waals surface area contributed by atoms with Crippen LogP contribution < -0.4 is 0 Å². The standard InChI is InChI=1S/C19H15BrO/c20-15-5-1-4-14(11-15)19(21)17-10-9-13-8-7-12-3-2-6-16(17)18(12)13/h1-6,9-11,19,21H,7-8H2/t19-/m1/s1. The third-order valence-electron chi connectivity index (χ3n) is 4.37. The quantitative estimate of drug-likeness (QED) is 0.712. The number of hydrogen-bond acceptors (Lipinski definition) is 1. The summed E-state index contributed by atoms with van der Waals surface area (Å²) in [5, 5.41) is 13.3. The van der Waals surface area contributed by atoms with Gasteiger partial charge in [-0.25, -0.2) is 0 Å². The topological polar surface area (TPSA) is 20.2 Å². The van der Waals surface area contributed by atoms with Crippen LogP contribution >= 0.6 is 15.9 Å². The lowest BCUT2D eigenvalue weighted by Gasteiger charge is -2.15. The van der Waals surface area contributed by atoms with Crippen molar-refractivity contribution < 1.29 is 5.11 Å². The van der Waals surface area contributed by atoms with Crippen LogP contribution in [0.5, 0.6) is 0 Å². The number of aliphatic hydroxyl groups is 1. The largest absolute Gasteiger partial charge is 0.384 e. The molecule has 1 aliphatic carbocycles. The second-order valence-electron chi connectivity index (χ2n) is 5.61. The molecule has 0 bridgehead atoms. The van der Waals surface area contributed by atoms with E-state index in [1.165, 1.54) is 21.9 Å². The van der Waals surface area contributed by atoms with Crippen LogP contribution in [0.2, 0.25) is 0 Å². The van der Waals surface area contributed by atoms with Gasteiger partial charge in [0.05, 0.1) is 0 Å². The van der Waals surface area contributed by atoms with Crippen LogP contribution in [0.25, 0.3) is 10.8 Å². The monoisotopic (exact) mass is 338 g/mol. The molecule has 0 aliphatic heterocycles. The fraction of sp³-hybridized carbons (Fsp3) is 0.158. The molecule has 0 saturated heterocycles. The Morgan fingerprint density at radius 1 is 0.905 bits per heavy atom. The molecule has 4 rings (SSSR count). The highest BCUT2D eigenvalue weighted by Crippen LogP contribution is 2.36. The molecule has 3 aromatic rings. The van der Waals surface area contributed by atoms with E-state index in [4.69, 9.17) is 0 Å². The zero-order valence-electron chi connectivity index (χ0n) is 11.5. The summed E-state index contributed by atoms with van der Waals surface area (Å²) in [6, 6.07) is 18.6. The lowest BCUT2D eigenvalue weighted by Crippen LogP contribution is -2.01. The second-order valence-corrected chi connectivity index (χ2v) is 6.53. The van der Waals surface area contributed by atoms with Crippen molar-refractivity contribution in [1.82, 2.24) is 0 Å². The number of aryl methyl sites for hydroxylation is 2. The zero-order chi connectivity index (χ0) is 14.4. The molecule has 3 aromatic carbocycles. The van der Waals surface area contributed by atoms with Crippen molar-refractivity contribution in [3.63, 3.8) is 0 Å². The predicted molar refractivity (Wildman–Crippen MR) is 89.6 cm³/mol. The Kier molecular flexibility index (Phi) is 3.09. The number of benzene rings is 3. The van der Waals surface area contributed by atoms with Crippen molar-refractivity contribution in [3.8, 4) is 0 Å². The SMILES string of the molecule is O[C@H](c1cccc(Br)c1)c1ccc2c3c(cccc13)CC2. The van der Waals surface area contributed by atoms with E-state index >= 15 is 0 Å². The van der Waals surface area contributed by atoms with Crippen LogP contribution in [0.1, 0.15) is 28.4 Å². The molecule has 104 valence electrons. The van der Waals surface area contributed by atoms with Crippen molar-refractivity contribution in [2.45, 2.75) is 18.9 Å². The van der Waals surface area contributed by atoms with Gasteiger partial charge in [-0.1, -0.05) is 58.4 Å². The number of hydrogen-bond donors (Lipinski definition) is 1. The first-order chi connectivity index (χ1) is 10.2. The Balaban J connectivity index is 1.92. The Morgan fingerprint density at radius 2 is 1.67 bits per heavy atom. The van der Waals surface area contributed by atoms with Crippen molar-refractivity contribution in [3.05, 3.63) is 81.3 Å². The van der Waals surface area contributed by atoms with Gasteiger partial charge in [0.2, 0.25) is 0 Å². The van der Waals surface area contributed by atoms with E-state index in [1.54, 1.807) is 0 Å². The Morgan fingerprint density at radius 3 is 2.48 bits per heavy atom. The van der Waals surface area contributed by atoms with Gasteiger partial charge in [0.1, 0.15) is 6.10 Å². The van der Waals surface area contributed by atoms with Gasteiger partial charge in [0, 0.05) is 4.47 Å². The molecular formula is C19H15BrO. The highest BCUT2D eigenvalue weighted by atomic mass is 79.9. The first kappa shape index (κ1) is 13.1. The molecule has 1 N–H and O–H groups in total. The normalized spacial score (nSPS) is 14.6. The smallest absolute Gasteiger partial charge is 0.105 e. The van der Waals surface area contributed by atoms with E-state index in [-0.39, 0.29) is 0 Å². The first-order valence-corrected chi connectivity index (χ1v) is 8.00. The summed E-state index contributed by atoms with van der Waals surface area (Å²) in [7, 11) is 0. The number of rotatable bonds is 2. The van der Waals surface area contributed by atoms with Crippen LogP contribution in [0.4, 0.5) is 0 Å². The summed E-state index contributed by atoms with van der Waals surface area (Å²) >= 11 is 3.47. The molecule has 1 atom stereocenters. The zero-order valence-corrected chi connectivity index (χ0v) is 13.1. The maximum absolute atomic E-state index is 10.8. The molecule has 2 heteroatoms. The maximum atomic E-state index is 10.8.